The number of rotatable bonds is 4. The highest BCUT2D eigenvalue weighted by atomic mass is 19.3. The van der Waals surface area contributed by atoms with Crippen LogP contribution in [-0.2, 0) is 14.3 Å². The van der Waals surface area contributed by atoms with Gasteiger partial charge in [0.05, 0.1) is 12.5 Å². The van der Waals surface area contributed by atoms with Gasteiger partial charge in [-0.05, 0) is 19.8 Å². The Morgan fingerprint density at radius 1 is 1.42 bits per heavy atom. The van der Waals surface area contributed by atoms with E-state index in [-0.39, 0.29) is 19.7 Å². The third kappa shape index (κ3) is 3.57. The average Bonchev–Trinajstić information content (AvgIpc) is 2.38. The second kappa shape index (κ2) is 6.21. The molecular weight excluding hydrogens is 270 g/mol. The zero-order valence-corrected chi connectivity index (χ0v) is 10.4. The molecule has 1 atom stereocenters. The predicted molar refractivity (Wildman–Crippen MR) is 56.9 cm³/mol. The summed E-state index contributed by atoms with van der Waals surface area (Å²) in [6.45, 7) is 1.36. The lowest BCUT2D eigenvalue weighted by molar-refractivity contribution is -0.183. The lowest BCUT2D eigenvalue weighted by atomic mass is 9.97. The van der Waals surface area contributed by atoms with Gasteiger partial charge in [0.2, 0.25) is 0 Å². The van der Waals surface area contributed by atoms with Gasteiger partial charge in [-0.1, -0.05) is 0 Å². The van der Waals surface area contributed by atoms with Crippen molar-refractivity contribution >= 4 is 11.9 Å². The Kier molecular flexibility index (Phi) is 5.13. The number of piperidine rings is 1. The second-order valence-corrected chi connectivity index (χ2v) is 4.27. The van der Waals surface area contributed by atoms with Crippen LogP contribution in [0.4, 0.5) is 17.6 Å². The van der Waals surface area contributed by atoms with E-state index < -0.39 is 30.1 Å². The monoisotopic (exact) mass is 285 g/mol. The fraction of sp³-hybridized carbons (Fsp3) is 0.818. The van der Waals surface area contributed by atoms with Gasteiger partial charge in [0, 0.05) is 13.1 Å². The number of ether oxygens (including phenoxy) is 1. The van der Waals surface area contributed by atoms with Crippen molar-refractivity contribution in [3.8, 4) is 0 Å². The molecule has 0 saturated carbocycles. The van der Waals surface area contributed by atoms with Crippen molar-refractivity contribution in [3.63, 3.8) is 0 Å². The first kappa shape index (κ1) is 15.7. The van der Waals surface area contributed by atoms with Gasteiger partial charge in [-0.15, -0.1) is 0 Å². The third-order valence-electron chi connectivity index (χ3n) is 2.89. The predicted octanol–water partition coefficient (Wildman–Crippen LogP) is 1.69. The van der Waals surface area contributed by atoms with Gasteiger partial charge in [-0.3, -0.25) is 9.59 Å². The zero-order chi connectivity index (χ0) is 14.6. The number of likely N-dealkylation sites (tertiary alicyclic amines) is 1. The molecule has 0 N–H and O–H groups in total. The van der Waals surface area contributed by atoms with Crippen LogP contribution in [0.1, 0.15) is 19.8 Å². The minimum absolute atomic E-state index is 0.0585. The average molecular weight is 285 g/mol. The van der Waals surface area contributed by atoms with E-state index in [1.807, 2.05) is 0 Å². The van der Waals surface area contributed by atoms with Crippen molar-refractivity contribution in [1.29, 1.82) is 0 Å². The van der Waals surface area contributed by atoms with E-state index in [2.05, 4.69) is 0 Å². The number of hydrogen-bond acceptors (Lipinski definition) is 3. The number of amides is 1. The van der Waals surface area contributed by atoms with Gasteiger partial charge in [-0.2, -0.15) is 8.78 Å². The molecule has 1 unspecified atom stereocenters. The molecule has 1 amide bonds. The molecule has 1 rings (SSSR count). The largest absolute Gasteiger partial charge is 0.466 e. The summed E-state index contributed by atoms with van der Waals surface area (Å²) in [4.78, 5) is 23.4. The van der Waals surface area contributed by atoms with E-state index in [1.54, 1.807) is 6.92 Å². The summed E-state index contributed by atoms with van der Waals surface area (Å²) in [5, 5.41) is 0. The van der Waals surface area contributed by atoms with Crippen LogP contribution in [-0.4, -0.2) is 48.8 Å². The number of alkyl halides is 4. The highest BCUT2D eigenvalue weighted by Crippen LogP contribution is 2.28. The molecule has 0 bridgehead atoms. The maximum absolute atomic E-state index is 12.9. The van der Waals surface area contributed by atoms with Crippen LogP contribution in [0.5, 0.6) is 0 Å². The molecule has 1 aliphatic heterocycles. The smallest absolute Gasteiger partial charge is 0.383 e. The van der Waals surface area contributed by atoms with Crippen molar-refractivity contribution < 1.29 is 31.9 Å². The van der Waals surface area contributed by atoms with Crippen LogP contribution in [0.3, 0.4) is 0 Å². The molecule has 0 aliphatic carbocycles. The molecule has 1 fully saturated rings. The SMILES string of the molecule is CCOC(=O)C1CCCN(C(=O)C(F)(F)C(F)F)C1. The van der Waals surface area contributed by atoms with Crippen LogP contribution in [0.15, 0.2) is 0 Å². The number of halogens is 4. The Morgan fingerprint density at radius 2 is 2.05 bits per heavy atom. The molecular formula is C11H15F4NO3. The first-order valence-corrected chi connectivity index (χ1v) is 5.92. The molecule has 0 radical (unpaired) electrons. The summed E-state index contributed by atoms with van der Waals surface area (Å²) < 4.78 is 54.8. The maximum Gasteiger partial charge on any atom is 0.383 e. The van der Waals surface area contributed by atoms with Crippen molar-refractivity contribution in [3.05, 3.63) is 0 Å². The van der Waals surface area contributed by atoms with E-state index in [4.69, 9.17) is 4.74 Å². The summed E-state index contributed by atoms with van der Waals surface area (Å²) >= 11 is 0. The Labute approximate surface area is 107 Å². The van der Waals surface area contributed by atoms with Gasteiger partial charge in [0.15, 0.2) is 0 Å². The molecule has 0 spiro atoms. The van der Waals surface area contributed by atoms with E-state index in [1.165, 1.54) is 0 Å². The van der Waals surface area contributed by atoms with Crippen LogP contribution < -0.4 is 0 Å². The number of carbonyl (C=O) groups excluding carboxylic acids is 2. The summed E-state index contributed by atoms with van der Waals surface area (Å²) in [7, 11) is 0. The lowest BCUT2D eigenvalue weighted by Crippen LogP contribution is -2.52. The number of hydrogen-bond donors (Lipinski definition) is 0. The van der Waals surface area contributed by atoms with E-state index in [9.17, 15) is 27.2 Å². The molecule has 0 aromatic heterocycles. The maximum atomic E-state index is 12.9. The first-order valence-electron chi connectivity index (χ1n) is 5.92. The third-order valence-corrected chi connectivity index (χ3v) is 2.89. The summed E-state index contributed by atoms with van der Waals surface area (Å²) in [5.74, 6) is -7.97. The number of esters is 1. The summed E-state index contributed by atoms with van der Waals surface area (Å²) in [6.07, 6.45) is -3.36. The van der Waals surface area contributed by atoms with Crippen molar-refractivity contribution in [2.45, 2.75) is 32.1 Å². The molecule has 4 nitrogen and oxygen atoms in total. The Hall–Kier alpha value is -1.34. The van der Waals surface area contributed by atoms with Gasteiger partial charge in [0.1, 0.15) is 0 Å². The topological polar surface area (TPSA) is 46.6 Å². The lowest BCUT2D eigenvalue weighted by Gasteiger charge is -2.33. The number of nitrogens with zero attached hydrogens (tertiary/aromatic N) is 1. The zero-order valence-electron chi connectivity index (χ0n) is 10.4. The van der Waals surface area contributed by atoms with E-state index in [0.29, 0.717) is 17.7 Å². The summed E-state index contributed by atoms with van der Waals surface area (Å²) in [5.41, 5.74) is 0. The highest BCUT2D eigenvalue weighted by Gasteiger charge is 2.52. The molecule has 0 aromatic carbocycles. The van der Waals surface area contributed by atoms with Gasteiger partial charge in [-0.25, -0.2) is 8.78 Å². The molecule has 8 heteroatoms. The highest BCUT2D eigenvalue weighted by molar-refractivity contribution is 5.85. The first-order chi connectivity index (χ1) is 8.80. The van der Waals surface area contributed by atoms with Crippen LogP contribution in [0.25, 0.3) is 0 Å². The van der Waals surface area contributed by atoms with Gasteiger partial charge in [0.25, 0.3) is 5.91 Å². The van der Waals surface area contributed by atoms with Crippen LogP contribution >= 0.6 is 0 Å². The van der Waals surface area contributed by atoms with Crippen LogP contribution in [0.2, 0.25) is 0 Å². The second-order valence-electron chi connectivity index (χ2n) is 4.27. The molecule has 1 saturated heterocycles. The molecule has 1 heterocycles. The molecule has 1 aliphatic rings. The molecule has 110 valence electrons. The molecule has 19 heavy (non-hydrogen) atoms. The number of carbonyl (C=O) groups is 2. The van der Waals surface area contributed by atoms with Crippen molar-refractivity contribution in [2.75, 3.05) is 19.7 Å². The van der Waals surface area contributed by atoms with Crippen molar-refractivity contribution in [2.24, 2.45) is 5.92 Å². The van der Waals surface area contributed by atoms with Gasteiger partial charge >= 0.3 is 18.3 Å². The standard InChI is InChI=1S/C11H15F4NO3/c1-2-19-8(17)7-4-3-5-16(6-7)10(18)11(14,15)9(12)13/h7,9H,2-6H2,1H3. The van der Waals surface area contributed by atoms with Gasteiger partial charge < -0.3 is 9.64 Å². The fourth-order valence-electron chi connectivity index (χ4n) is 1.92. The Balaban J connectivity index is 2.69. The van der Waals surface area contributed by atoms with Crippen LogP contribution in [0, 0.1) is 5.92 Å². The molecule has 0 aromatic rings. The minimum Gasteiger partial charge on any atom is -0.466 e. The normalized spacial score (nSPS) is 20.5. The Bertz CT molecular complexity index is 349. The minimum atomic E-state index is -4.71. The van der Waals surface area contributed by atoms with E-state index >= 15 is 0 Å². The Morgan fingerprint density at radius 3 is 2.58 bits per heavy atom. The quantitative estimate of drug-likeness (QED) is 0.583. The van der Waals surface area contributed by atoms with E-state index in [0.717, 1.165) is 0 Å². The van der Waals surface area contributed by atoms with Crippen molar-refractivity contribution in [1.82, 2.24) is 4.90 Å². The summed E-state index contributed by atoms with van der Waals surface area (Å²) in [6, 6.07) is 0. The fourth-order valence-corrected chi connectivity index (χ4v) is 1.92.